The van der Waals surface area contributed by atoms with Crippen molar-refractivity contribution in [1.82, 2.24) is 15.3 Å². The van der Waals surface area contributed by atoms with Crippen molar-refractivity contribution in [3.63, 3.8) is 0 Å². The minimum absolute atomic E-state index is 0. The summed E-state index contributed by atoms with van der Waals surface area (Å²) in [6, 6.07) is 2.61. The first-order chi connectivity index (χ1) is 11.2. The third-order valence-corrected chi connectivity index (χ3v) is 5.22. The zero-order chi connectivity index (χ0) is 16.1. The molecule has 9 heteroatoms. The Balaban J connectivity index is 0.00000156. The zero-order valence-corrected chi connectivity index (χ0v) is 16.4. The number of primary amides is 1. The molecule has 1 amide bonds. The predicted octanol–water partition coefficient (Wildman–Crippen LogP) is 3.24. The molecule has 0 unspecified atom stereocenters. The van der Waals surface area contributed by atoms with Gasteiger partial charge < -0.3 is 16.4 Å². The Labute approximate surface area is 164 Å². The molecule has 2 aromatic heterocycles. The van der Waals surface area contributed by atoms with Crippen LogP contribution < -0.4 is 16.4 Å². The molecule has 1 aliphatic rings. The number of nitrogens with zero attached hydrogens (tertiary/aromatic N) is 2. The van der Waals surface area contributed by atoms with Gasteiger partial charge in [0.15, 0.2) is 0 Å². The first-order valence-electron chi connectivity index (χ1n) is 8.21. The Bertz CT molecular complexity index is 674. The van der Waals surface area contributed by atoms with E-state index in [1.165, 1.54) is 38.5 Å². The lowest BCUT2D eigenvalue weighted by molar-refractivity contribution is -0.117. The van der Waals surface area contributed by atoms with Gasteiger partial charge in [0.05, 0.1) is 11.9 Å². The van der Waals surface area contributed by atoms with Crippen molar-refractivity contribution < 1.29 is 4.79 Å². The first kappa shape index (κ1) is 21.9. The molecule has 25 heavy (non-hydrogen) atoms. The van der Waals surface area contributed by atoms with Crippen molar-refractivity contribution in [3.05, 3.63) is 17.3 Å². The van der Waals surface area contributed by atoms with Crippen molar-refractivity contribution in [2.24, 2.45) is 5.73 Å². The van der Waals surface area contributed by atoms with E-state index >= 15 is 0 Å². The molecule has 140 valence electrons. The lowest BCUT2D eigenvalue weighted by atomic mass is 10.1. The van der Waals surface area contributed by atoms with Crippen molar-refractivity contribution in [3.8, 4) is 0 Å². The Morgan fingerprint density at radius 1 is 1.20 bits per heavy atom. The third kappa shape index (κ3) is 6.26. The summed E-state index contributed by atoms with van der Waals surface area (Å²) in [6.45, 7) is 0.805. The van der Waals surface area contributed by atoms with Crippen molar-refractivity contribution in [2.75, 3.05) is 11.9 Å². The van der Waals surface area contributed by atoms with E-state index in [1.807, 2.05) is 0 Å². The van der Waals surface area contributed by atoms with Gasteiger partial charge in [0.1, 0.15) is 17.0 Å². The minimum atomic E-state index is -0.346. The summed E-state index contributed by atoms with van der Waals surface area (Å²) >= 11 is 1.62. The van der Waals surface area contributed by atoms with E-state index in [9.17, 15) is 4.79 Å². The normalized spacial score (nSPS) is 15.0. The molecule has 0 saturated heterocycles. The fraction of sp³-hybridized carbons (Fsp3) is 0.562. The van der Waals surface area contributed by atoms with Crippen molar-refractivity contribution in [2.45, 2.75) is 51.1 Å². The molecule has 1 aliphatic carbocycles. The van der Waals surface area contributed by atoms with Crippen LogP contribution in [0.15, 0.2) is 12.4 Å². The Kier molecular flexibility index (Phi) is 9.42. The van der Waals surface area contributed by atoms with E-state index in [2.05, 4.69) is 26.7 Å². The number of aromatic nitrogens is 2. The van der Waals surface area contributed by atoms with Crippen LogP contribution >= 0.6 is 36.2 Å². The van der Waals surface area contributed by atoms with Crippen LogP contribution in [0.1, 0.15) is 43.4 Å². The van der Waals surface area contributed by atoms with Crippen LogP contribution in [0, 0.1) is 0 Å². The van der Waals surface area contributed by atoms with Gasteiger partial charge in [0.25, 0.3) is 0 Å². The van der Waals surface area contributed by atoms with E-state index < -0.39 is 0 Å². The molecule has 2 aromatic rings. The summed E-state index contributed by atoms with van der Waals surface area (Å²) in [7, 11) is 0. The second kappa shape index (κ2) is 10.8. The lowest BCUT2D eigenvalue weighted by Gasteiger charge is -2.17. The molecule has 0 spiro atoms. The number of fused-ring (bicyclic) bond motifs is 1. The average molecular weight is 406 g/mol. The molecular formula is C16H25Cl2N5OS. The number of hydrogen-bond donors (Lipinski definition) is 3. The summed E-state index contributed by atoms with van der Waals surface area (Å²) < 4.78 is 0. The van der Waals surface area contributed by atoms with E-state index in [-0.39, 0.29) is 37.3 Å². The number of carbonyl (C=O) groups is 1. The second-order valence-electron chi connectivity index (χ2n) is 6.06. The Morgan fingerprint density at radius 3 is 2.60 bits per heavy atom. The quantitative estimate of drug-likeness (QED) is 0.641. The Morgan fingerprint density at radius 2 is 1.92 bits per heavy atom. The topological polar surface area (TPSA) is 92.9 Å². The average Bonchev–Trinajstić information content (AvgIpc) is 2.76. The molecule has 4 N–H and O–H groups in total. The van der Waals surface area contributed by atoms with Crippen molar-refractivity contribution >= 4 is 58.1 Å². The SMILES string of the molecule is Cl.Cl.NC(=O)CNCc1cc2c(NC3CCCCCC3)ncnc2s1. The summed E-state index contributed by atoms with van der Waals surface area (Å²) in [6.07, 6.45) is 9.30. The Hall–Kier alpha value is -1.15. The highest BCUT2D eigenvalue weighted by Gasteiger charge is 2.15. The second-order valence-corrected chi connectivity index (χ2v) is 7.17. The molecule has 1 saturated carbocycles. The lowest BCUT2D eigenvalue weighted by Crippen LogP contribution is -2.27. The molecule has 0 aromatic carbocycles. The van der Waals surface area contributed by atoms with E-state index in [0.717, 1.165) is 20.9 Å². The highest BCUT2D eigenvalue weighted by Crippen LogP contribution is 2.30. The van der Waals surface area contributed by atoms with Gasteiger partial charge in [0, 0.05) is 17.5 Å². The monoisotopic (exact) mass is 405 g/mol. The summed E-state index contributed by atoms with van der Waals surface area (Å²) in [5.41, 5.74) is 5.14. The molecule has 0 atom stereocenters. The van der Waals surface area contributed by atoms with Crippen LogP contribution in [0.4, 0.5) is 5.82 Å². The van der Waals surface area contributed by atoms with Gasteiger partial charge in [-0.3, -0.25) is 4.79 Å². The maximum Gasteiger partial charge on any atom is 0.231 e. The summed E-state index contributed by atoms with van der Waals surface area (Å²) in [5.74, 6) is 0.584. The van der Waals surface area contributed by atoms with E-state index in [0.29, 0.717) is 12.6 Å². The van der Waals surface area contributed by atoms with Crippen LogP contribution in [-0.4, -0.2) is 28.5 Å². The smallest absolute Gasteiger partial charge is 0.231 e. The maximum absolute atomic E-state index is 10.8. The van der Waals surface area contributed by atoms with Gasteiger partial charge in [-0.25, -0.2) is 9.97 Å². The fourth-order valence-corrected chi connectivity index (χ4v) is 4.00. The molecule has 0 bridgehead atoms. The van der Waals surface area contributed by atoms with Gasteiger partial charge >= 0.3 is 0 Å². The fourth-order valence-electron chi connectivity index (χ4n) is 3.03. The standard InChI is InChI=1S/C16H23N5OS.2ClH/c17-14(22)9-18-8-12-7-13-15(19-10-20-16(13)23-12)21-11-5-3-1-2-4-6-11;;/h7,10-11,18H,1-6,8-9H2,(H2,17,22)(H,19,20,21);2*1H. The van der Waals surface area contributed by atoms with Crippen LogP contribution in [0.2, 0.25) is 0 Å². The van der Waals surface area contributed by atoms with Gasteiger partial charge in [-0.15, -0.1) is 36.2 Å². The highest BCUT2D eigenvalue weighted by atomic mass is 35.5. The molecule has 6 nitrogen and oxygen atoms in total. The minimum Gasteiger partial charge on any atom is -0.369 e. The number of carbonyl (C=O) groups excluding carboxylic acids is 1. The highest BCUT2D eigenvalue weighted by molar-refractivity contribution is 7.18. The van der Waals surface area contributed by atoms with Gasteiger partial charge in [-0.1, -0.05) is 25.7 Å². The number of rotatable bonds is 6. The van der Waals surface area contributed by atoms with Gasteiger partial charge in [0.2, 0.25) is 5.91 Å². The first-order valence-corrected chi connectivity index (χ1v) is 9.03. The molecule has 2 heterocycles. The number of thiophene rings is 1. The van der Waals surface area contributed by atoms with Gasteiger partial charge in [-0.05, 0) is 18.9 Å². The molecule has 1 fully saturated rings. The van der Waals surface area contributed by atoms with Crippen LogP contribution in [0.3, 0.4) is 0 Å². The van der Waals surface area contributed by atoms with Crippen molar-refractivity contribution in [1.29, 1.82) is 0 Å². The molecule has 0 radical (unpaired) electrons. The molecular weight excluding hydrogens is 381 g/mol. The number of nitrogens with two attached hydrogens (primary N) is 1. The third-order valence-electron chi connectivity index (χ3n) is 4.17. The van der Waals surface area contributed by atoms with Crippen LogP contribution in [-0.2, 0) is 11.3 Å². The maximum atomic E-state index is 10.8. The summed E-state index contributed by atoms with van der Waals surface area (Å²) in [5, 5.41) is 7.72. The largest absolute Gasteiger partial charge is 0.369 e. The van der Waals surface area contributed by atoms with E-state index in [4.69, 9.17) is 5.73 Å². The number of hydrogen-bond acceptors (Lipinski definition) is 6. The number of anilines is 1. The van der Waals surface area contributed by atoms with Crippen LogP contribution in [0.25, 0.3) is 10.2 Å². The number of nitrogens with one attached hydrogen (secondary N) is 2. The number of halogens is 2. The van der Waals surface area contributed by atoms with Gasteiger partial charge in [-0.2, -0.15) is 0 Å². The molecule has 0 aliphatic heterocycles. The summed E-state index contributed by atoms with van der Waals surface area (Å²) in [4.78, 5) is 21.7. The van der Waals surface area contributed by atoms with Crippen LogP contribution in [0.5, 0.6) is 0 Å². The predicted molar refractivity (Wildman–Crippen MR) is 108 cm³/mol. The molecule has 3 rings (SSSR count). The van der Waals surface area contributed by atoms with E-state index in [1.54, 1.807) is 17.7 Å². The zero-order valence-electron chi connectivity index (χ0n) is 14.0. The number of amides is 1.